The van der Waals surface area contributed by atoms with Crippen molar-refractivity contribution in [1.29, 1.82) is 0 Å². The highest BCUT2D eigenvalue weighted by Crippen LogP contribution is 2.15. The molecule has 0 aliphatic rings. The smallest absolute Gasteiger partial charge is 0.325 e. The van der Waals surface area contributed by atoms with Crippen molar-refractivity contribution in [2.45, 2.75) is 19.1 Å². The van der Waals surface area contributed by atoms with E-state index in [0.29, 0.717) is 0 Å². The zero-order chi connectivity index (χ0) is 12.1. The van der Waals surface area contributed by atoms with Crippen LogP contribution in [0.5, 0.6) is 0 Å². The van der Waals surface area contributed by atoms with E-state index in [-0.39, 0.29) is 12.2 Å². The van der Waals surface area contributed by atoms with E-state index in [9.17, 15) is 14.3 Å². The van der Waals surface area contributed by atoms with Gasteiger partial charge in [0.15, 0.2) is 0 Å². The third-order valence-electron chi connectivity index (χ3n) is 1.99. The van der Waals surface area contributed by atoms with E-state index < -0.39 is 24.1 Å². The Morgan fingerprint density at radius 1 is 1.69 bits per heavy atom. The molecule has 0 aliphatic heterocycles. The maximum absolute atomic E-state index is 12.5. The van der Waals surface area contributed by atoms with Crippen LogP contribution in [-0.4, -0.2) is 28.7 Å². The van der Waals surface area contributed by atoms with Crippen LogP contribution < -0.4 is 5.73 Å². The largest absolute Gasteiger partial charge is 0.465 e. The molecule has 0 bridgehead atoms. The predicted octanol–water partition coefficient (Wildman–Crippen LogP) is 0.144. The Bertz CT molecular complexity index is 356. The van der Waals surface area contributed by atoms with Gasteiger partial charge in [-0.2, -0.15) is 4.39 Å². The van der Waals surface area contributed by atoms with Gasteiger partial charge in [0.05, 0.1) is 6.61 Å². The number of aromatic nitrogens is 1. The summed E-state index contributed by atoms with van der Waals surface area (Å²) in [7, 11) is 0. The summed E-state index contributed by atoms with van der Waals surface area (Å²) in [5.41, 5.74) is 5.74. The molecule has 1 aromatic heterocycles. The SMILES string of the molecule is CCOC(=O)[C@H](N)[C@H](O)c1ccc(F)nc1. The molecular formula is C10H13FN2O3. The van der Waals surface area contributed by atoms with Gasteiger partial charge < -0.3 is 15.6 Å². The van der Waals surface area contributed by atoms with Gasteiger partial charge >= 0.3 is 5.97 Å². The Labute approximate surface area is 92.1 Å². The summed E-state index contributed by atoms with van der Waals surface area (Å²) < 4.78 is 17.2. The Balaban J connectivity index is 2.73. The quantitative estimate of drug-likeness (QED) is 0.565. The highest BCUT2D eigenvalue weighted by Gasteiger charge is 2.25. The second kappa shape index (κ2) is 5.53. The van der Waals surface area contributed by atoms with Crippen molar-refractivity contribution in [2.24, 2.45) is 5.73 Å². The fourth-order valence-corrected chi connectivity index (χ4v) is 1.14. The lowest BCUT2D eigenvalue weighted by molar-refractivity contribution is -0.147. The molecule has 0 fully saturated rings. The van der Waals surface area contributed by atoms with Crippen molar-refractivity contribution in [3.63, 3.8) is 0 Å². The Kier molecular flexibility index (Phi) is 4.33. The number of carbonyl (C=O) groups excluding carboxylic acids is 1. The number of hydrogen-bond donors (Lipinski definition) is 2. The molecule has 0 aromatic carbocycles. The molecule has 0 amide bonds. The van der Waals surface area contributed by atoms with Gasteiger partial charge in [-0.3, -0.25) is 4.79 Å². The zero-order valence-electron chi connectivity index (χ0n) is 8.76. The molecule has 1 heterocycles. The van der Waals surface area contributed by atoms with Gasteiger partial charge in [-0.15, -0.1) is 0 Å². The first-order valence-electron chi connectivity index (χ1n) is 4.78. The standard InChI is InChI=1S/C10H13FN2O3/c1-2-16-10(15)8(12)9(14)6-3-4-7(11)13-5-6/h3-5,8-9,14H,2,12H2,1H3/t8-,9-/m1/s1. The van der Waals surface area contributed by atoms with E-state index in [4.69, 9.17) is 5.73 Å². The number of halogens is 1. The summed E-state index contributed by atoms with van der Waals surface area (Å²) in [4.78, 5) is 14.6. The molecule has 0 saturated heterocycles. The van der Waals surface area contributed by atoms with Crippen LogP contribution in [0.25, 0.3) is 0 Å². The molecule has 1 aromatic rings. The lowest BCUT2D eigenvalue weighted by Gasteiger charge is -2.17. The van der Waals surface area contributed by atoms with Crippen LogP contribution >= 0.6 is 0 Å². The fourth-order valence-electron chi connectivity index (χ4n) is 1.14. The van der Waals surface area contributed by atoms with Crippen molar-refractivity contribution < 1.29 is 19.0 Å². The minimum Gasteiger partial charge on any atom is -0.465 e. The fraction of sp³-hybridized carbons (Fsp3) is 0.400. The molecule has 88 valence electrons. The first kappa shape index (κ1) is 12.5. The summed E-state index contributed by atoms with van der Waals surface area (Å²) >= 11 is 0. The van der Waals surface area contributed by atoms with Crippen LogP contribution in [0.3, 0.4) is 0 Å². The van der Waals surface area contributed by atoms with Gasteiger partial charge in [0, 0.05) is 11.8 Å². The topological polar surface area (TPSA) is 85.4 Å². The average Bonchev–Trinajstić information content (AvgIpc) is 2.28. The number of esters is 1. The number of pyridine rings is 1. The third-order valence-corrected chi connectivity index (χ3v) is 1.99. The lowest BCUT2D eigenvalue weighted by Crippen LogP contribution is -2.38. The number of carbonyl (C=O) groups is 1. The summed E-state index contributed by atoms with van der Waals surface area (Å²) in [6, 6.07) is 1.19. The van der Waals surface area contributed by atoms with Gasteiger partial charge in [-0.25, -0.2) is 4.98 Å². The summed E-state index contributed by atoms with van der Waals surface area (Å²) in [5.74, 6) is -1.38. The number of rotatable bonds is 4. The lowest BCUT2D eigenvalue weighted by atomic mass is 10.1. The van der Waals surface area contributed by atoms with Crippen LogP contribution in [0.2, 0.25) is 0 Å². The highest BCUT2D eigenvalue weighted by atomic mass is 19.1. The second-order valence-corrected chi connectivity index (χ2v) is 3.14. The van der Waals surface area contributed by atoms with Gasteiger partial charge in [0.25, 0.3) is 0 Å². The average molecular weight is 228 g/mol. The van der Waals surface area contributed by atoms with Crippen LogP contribution in [-0.2, 0) is 9.53 Å². The summed E-state index contributed by atoms with van der Waals surface area (Å²) in [6.07, 6.45) is -0.133. The molecule has 0 aliphatic carbocycles. The van der Waals surface area contributed by atoms with Crippen molar-refractivity contribution >= 4 is 5.97 Å². The van der Waals surface area contributed by atoms with Crippen LogP contribution in [0.1, 0.15) is 18.6 Å². The molecule has 0 unspecified atom stereocenters. The molecule has 2 atom stereocenters. The number of hydrogen-bond acceptors (Lipinski definition) is 5. The molecule has 1 rings (SSSR count). The van der Waals surface area contributed by atoms with E-state index in [1.54, 1.807) is 6.92 Å². The Hall–Kier alpha value is -1.53. The first-order chi connectivity index (χ1) is 7.56. The van der Waals surface area contributed by atoms with Crippen LogP contribution in [0.15, 0.2) is 18.3 Å². The van der Waals surface area contributed by atoms with Gasteiger partial charge in [0.2, 0.25) is 5.95 Å². The molecule has 0 spiro atoms. The van der Waals surface area contributed by atoms with Crippen LogP contribution in [0.4, 0.5) is 4.39 Å². The monoisotopic (exact) mass is 228 g/mol. The minimum absolute atomic E-state index is 0.181. The molecule has 0 radical (unpaired) electrons. The number of nitrogens with two attached hydrogens (primary N) is 1. The number of aliphatic hydroxyl groups excluding tert-OH is 1. The van der Waals surface area contributed by atoms with Crippen molar-refractivity contribution in [2.75, 3.05) is 6.61 Å². The van der Waals surface area contributed by atoms with E-state index in [1.165, 1.54) is 6.07 Å². The number of ether oxygens (including phenoxy) is 1. The van der Waals surface area contributed by atoms with Crippen LogP contribution in [0, 0.1) is 5.95 Å². The van der Waals surface area contributed by atoms with Crippen molar-refractivity contribution in [1.82, 2.24) is 4.98 Å². The first-order valence-corrected chi connectivity index (χ1v) is 4.78. The second-order valence-electron chi connectivity index (χ2n) is 3.14. The molecular weight excluding hydrogens is 215 g/mol. The van der Waals surface area contributed by atoms with Gasteiger partial charge in [0.1, 0.15) is 12.1 Å². The molecule has 16 heavy (non-hydrogen) atoms. The normalized spacial score (nSPS) is 14.2. The van der Waals surface area contributed by atoms with E-state index in [2.05, 4.69) is 9.72 Å². The number of aliphatic hydroxyl groups is 1. The van der Waals surface area contributed by atoms with Crippen molar-refractivity contribution in [3.05, 3.63) is 29.8 Å². The Morgan fingerprint density at radius 2 is 2.38 bits per heavy atom. The summed E-state index contributed by atoms with van der Waals surface area (Å²) in [5, 5.41) is 9.69. The maximum Gasteiger partial charge on any atom is 0.325 e. The van der Waals surface area contributed by atoms with Gasteiger partial charge in [-0.05, 0) is 13.0 Å². The highest BCUT2D eigenvalue weighted by molar-refractivity contribution is 5.76. The summed E-state index contributed by atoms with van der Waals surface area (Å²) in [6.45, 7) is 1.82. The molecule has 0 saturated carbocycles. The van der Waals surface area contributed by atoms with Crippen molar-refractivity contribution in [3.8, 4) is 0 Å². The van der Waals surface area contributed by atoms with Gasteiger partial charge in [-0.1, -0.05) is 6.07 Å². The number of nitrogens with zero attached hydrogens (tertiary/aromatic N) is 1. The molecule has 6 heteroatoms. The maximum atomic E-state index is 12.5. The minimum atomic E-state index is -1.26. The van der Waals surface area contributed by atoms with E-state index in [1.807, 2.05) is 0 Å². The zero-order valence-corrected chi connectivity index (χ0v) is 8.76. The Morgan fingerprint density at radius 3 is 2.88 bits per heavy atom. The predicted molar refractivity (Wildman–Crippen MR) is 53.8 cm³/mol. The van der Waals surface area contributed by atoms with E-state index >= 15 is 0 Å². The molecule has 3 N–H and O–H groups in total. The third kappa shape index (κ3) is 2.98. The molecule has 5 nitrogen and oxygen atoms in total. The van der Waals surface area contributed by atoms with E-state index in [0.717, 1.165) is 12.3 Å².